The number of aromatic nitrogens is 2. The van der Waals surface area contributed by atoms with E-state index in [0.717, 1.165) is 41.2 Å². The molecule has 1 saturated carbocycles. The number of nitrogens with one attached hydrogen (secondary N) is 2. The average molecular weight is 417 g/mol. The third kappa shape index (κ3) is 4.65. The molecule has 4 rings (SSSR count). The fraction of sp³-hybridized carbons (Fsp3) is 0.320. The number of nitrogens with zero attached hydrogens (tertiary/aromatic N) is 2. The second-order valence-electron chi connectivity index (χ2n) is 8.65. The highest BCUT2D eigenvalue weighted by molar-refractivity contribution is 5.94. The lowest BCUT2D eigenvalue weighted by Gasteiger charge is -2.26. The van der Waals surface area contributed by atoms with Crippen molar-refractivity contribution in [2.45, 2.75) is 19.8 Å². The summed E-state index contributed by atoms with van der Waals surface area (Å²) >= 11 is 0. The van der Waals surface area contributed by atoms with E-state index in [0.29, 0.717) is 25.2 Å². The third-order valence-electron chi connectivity index (χ3n) is 5.96. The maximum Gasteiger partial charge on any atom is 0.254 e. The number of carbonyl (C=O) groups excluding carboxylic acids is 1. The fourth-order valence-electron chi connectivity index (χ4n) is 4.14. The van der Waals surface area contributed by atoms with Crippen LogP contribution in [0, 0.1) is 5.41 Å². The summed E-state index contributed by atoms with van der Waals surface area (Å²) in [7, 11) is 0. The Hall–Kier alpha value is -3.50. The van der Waals surface area contributed by atoms with Gasteiger partial charge in [-0.15, -0.1) is 5.73 Å². The maximum atomic E-state index is 13.1. The van der Waals surface area contributed by atoms with Gasteiger partial charge in [-0.1, -0.05) is 18.7 Å². The summed E-state index contributed by atoms with van der Waals surface area (Å²) in [5.74, 6) is -0.0852. The van der Waals surface area contributed by atoms with Gasteiger partial charge in [-0.25, -0.2) is 0 Å². The van der Waals surface area contributed by atoms with Gasteiger partial charge in [-0.2, -0.15) is 0 Å². The van der Waals surface area contributed by atoms with Crippen LogP contribution < -0.4 is 16.1 Å². The minimum Gasteiger partial charge on any atom is -0.368 e. The lowest BCUT2D eigenvalue weighted by Crippen LogP contribution is -2.37. The molecule has 0 aromatic carbocycles. The van der Waals surface area contributed by atoms with E-state index in [4.69, 9.17) is 0 Å². The summed E-state index contributed by atoms with van der Waals surface area (Å²) in [6.45, 7) is 12.8. The van der Waals surface area contributed by atoms with E-state index in [1.807, 2.05) is 36.2 Å². The van der Waals surface area contributed by atoms with Crippen LogP contribution >= 0.6 is 0 Å². The van der Waals surface area contributed by atoms with Crippen LogP contribution in [0.5, 0.6) is 0 Å². The number of amides is 1. The van der Waals surface area contributed by atoms with Gasteiger partial charge in [-0.3, -0.25) is 9.59 Å². The molecule has 3 heterocycles. The minimum atomic E-state index is -0.260. The van der Waals surface area contributed by atoms with Crippen molar-refractivity contribution < 1.29 is 4.79 Å². The van der Waals surface area contributed by atoms with Crippen LogP contribution in [0.25, 0.3) is 12.3 Å². The lowest BCUT2D eigenvalue weighted by atomic mass is 10.1. The molecule has 0 unspecified atom stereocenters. The predicted molar refractivity (Wildman–Crippen MR) is 123 cm³/mol. The molecule has 2 aliphatic rings. The number of H-pyrrole nitrogens is 2. The van der Waals surface area contributed by atoms with Gasteiger partial charge < -0.3 is 19.8 Å². The van der Waals surface area contributed by atoms with Crippen molar-refractivity contribution in [3.05, 3.63) is 87.1 Å². The van der Waals surface area contributed by atoms with Gasteiger partial charge in [0, 0.05) is 72.3 Å². The average Bonchev–Trinajstić information content (AvgIpc) is 3.41. The van der Waals surface area contributed by atoms with Crippen LogP contribution in [-0.4, -0.2) is 51.9 Å². The van der Waals surface area contributed by atoms with E-state index in [-0.39, 0.29) is 16.9 Å². The van der Waals surface area contributed by atoms with E-state index >= 15 is 0 Å². The first-order valence-corrected chi connectivity index (χ1v) is 10.5. The van der Waals surface area contributed by atoms with Crippen LogP contribution in [0.15, 0.2) is 65.4 Å². The molecule has 6 heteroatoms. The van der Waals surface area contributed by atoms with Gasteiger partial charge >= 0.3 is 0 Å². The van der Waals surface area contributed by atoms with Crippen molar-refractivity contribution >= 4 is 18.2 Å². The highest BCUT2D eigenvalue weighted by atomic mass is 16.2. The minimum absolute atomic E-state index is 0.0852. The topological polar surface area (TPSA) is 72.2 Å². The second-order valence-corrected chi connectivity index (χ2v) is 8.65. The van der Waals surface area contributed by atoms with Gasteiger partial charge in [0.1, 0.15) is 0 Å². The zero-order valence-corrected chi connectivity index (χ0v) is 17.9. The van der Waals surface area contributed by atoms with Crippen molar-refractivity contribution in [1.29, 1.82) is 0 Å². The quantitative estimate of drug-likeness (QED) is 0.589. The molecular weight excluding hydrogens is 388 g/mol. The van der Waals surface area contributed by atoms with Crippen molar-refractivity contribution in [2.75, 3.05) is 26.2 Å². The Kier molecular flexibility index (Phi) is 5.57. The van der Waals surface area contributed by atoms with Crippen LogP contribution in [0.3, 0.4) is 0 Å². The summed E-state index contributed by atoms with van der Waals surface area (Å²) in [4.78, 5) is 34.8. The predicted octanol–water partition coefficient (Wildman–Crippen LogP) is 1.75. The van der Waals surface area contributed by atoms with Crippen molar-refractivity contribution in [3.63, 3.8) is 0 Å². The van der Waals surface area contributed by atoms with Crippen LogP contribution in [-0.2, 0) is 0 Å². The summed E-state index contributed by atoms with van der Waals surface area (Å²) in [6.07, 6.45) is 9.44. The maximum absolute atomic E-state index is 13.1. The van der Waals surface area contributed by atoms with E-state index in [1.165, 1.54) is 12.3 Å². The molecule has 1 spiro atoms. The molecule has 0 radical (unpaired) electrons. The van der Waals surface area contributed by atoms with Gasteiger partial charge in [0.2, 0.25) is 5.56 Å². The van der Waals surface area contributed by atoms with Crippen LogP contribution in [0.4, 0.5) is 0 Å². The molecule has 160 valence electrons. The second kappa shape index (κ2) is 8.32. The number of aromatic amines is 2. The Balaban J connectivity index is 1.67. The smallest absolute Gasteiger partial charge is 0.254 e. The number of allylic oxidation sites excluding steroid dienone is 1. The molecule has 0 bridgehead atoms. The zero-order valence-electron chi connectivity index (χ0n) is 17.9. The molecule has 6 nitrogen and oxygen atoms in total. The van der Waals surface area contributed by atoms with E-state index in [2.05, 4.69) is 33.8 Å². The SMILES string of the molecule is C=C(C)C=C=CC(=c1cc[nH]c1=C)N1CCN(C(=O)c2cc[nH]c(=O)c2)CC2(CC2)C1. The van der Waals surface area contributed by atoms with Gasteiger partial charge in [0.25, 0.3) is 5.91 Å². The molecule has 2 aromatic heterocycles. The van der Waals surface area contributed by atoms with Gasteiger partial charge in [0.15, 0.2) is 0 Å². The standard InChI is InChI=1S/C25H28N4O2/c1-18(2)5-4-6-22(21-8-12-26-19(21)3)28-13-14-29(17-25(16-28)9-10-25)24(31)20-7-11-27-23(30)15-20/h5-8,11-12,15,26H,1,3,9-10,13-14,16-17H2,2H3,(H,27,30). The Bertz CT molecular complexity index is 1240. The number of hydrogen-bond donors (Lipinski definition) is 2. The number of rotatable bonds is 4. The number of pyridine rings is 1. The molecule has 1 amide bonds. The molecule has 1 aliphatic heterocycles. The van der Waals surface area contributed by atoms with E-state index in [1.54, 1.807) is 6.07 Å². The number of hydrogen-bond acceptors (Lipinski definition) is 3. The third-order valence-corrected chi connectivity index (χ3v) is 5.96. The molecule has 2 aromatic rings. The van der Waals surface area contributed by atoms with Crippen LogP contribution in [0.1, 0.15) is 30.1 Å². The van der Waals surface area contributed by atoms with Gasteiger partial charge in [0.05, 0.1) is 5.70 Å². The lowest BCUT2D eigenvalue weighted by molar-refractivity contribution is 0.0740. The van der Waals surface area contributed by atoms with Gasteiger partial charge in [-0.05, 0) is 38.0 Å². The fourth-order valence-corrected chi connectivity index (χ4v) is 4.14. The Morgan fingerprint density at radius 3 is 2.48 bits per heavy atom. The van der Waals surface area contributed by atoms with E-state index in [9.17, 15) is 9.59 Å². The molecule has 2 fully saturated rings. The normalized spacial score (nSPS) is 18.1. The first kappa shape index (κ1) is 20.8. The molecule has 1 saturated heterocycles. The van der Waals surface area contributed by atoms with Crippen molar-refractivity contribution in [1.82, 2.24) is 19.8 Å². The summed E-state index contributed by atoms with van der Waals surface area (Å²) < 4.78 is 0. The molecule has 0 atom stereocenters. The highest BCUT2D eigenvalue weighted by Crippen LogP contribution is 2.48. The van der Waals surface area contributed by atoms with E-state index < -0.39 is 0 Å². The molecule has 31 heavy (non-hydrogen) atoms. The number of carbonyl (C=O) groups is 1. The highest BCUT2D eigenvalue weighted by Gasteiger charge is 2.47. The van der Waals surface area contributed by atoms with Crippen molar-refractivity contribution in [2.24, 2.45) is 5.41 Å². The largest absolute Gasteiger partial charge is 0.368 e. The Morgan fingerprint density at radius 1 is 1.13 bits per heavy atom. The Morgan fingerprint density at radius 2 is 1.84 bits per heavy atom. The summed E-state index contributed by atoms with van der Waals surface area (Å²) in [5.41, 5.74) is 5.48. The molecule has 1 aliphatic carbocycles. The molecular formula is C25H28N4O2. The zero-order chi connectivity index (χ0) is 22.0. The monoisotopic (exact) mass is 416 g/mol. The first-order chi connectivity index (χ1) is 14.9. The van der Waals surface area contributed by atoms with Crippen LogP contribution in [0.2, 0.25) is 0 Å². The summed E-state index contributed by atoms with van der Waals surface area (Å²) in [6, 6.07) is 5.08. The summed E-state index contributed by atoms with van der Waals surface area (Å²) in [5, 5.41) is 1.89. The molecule has 2 N–H and O–H groups in total. The van der Waals surface area contributed by atoms with Crippen molar-refractivity contribution in [3.8, 4) is 0 Å². The first-order valence-electron chi connectivity index (χ1n) is 10.5. The Labute approximate surface area is 181 Å².